The highest BCUT2D eigenvalue weighted by Gasteiger charge is 2.11. The van der Waals surface area contributed by atoms with E-state index in [1.165, 1.54) is 6.07 Å². The quantitative estimate of drug-likeness (QED) is 0.844. The molecule has 0 aromatic heterocycles. The zero-order valence-electron chi connectivity index (χ0n) is 8.26. The molecule has 0 aliphatic rings. The zero-order chi connectivity index (χ0) is 11.4. The molecule has 0 saturated heterocycles. The Morgan fingerprint density at radius 2 is 2.27 bits per heavy atom. The second-order valence-electron chi connectivity index (χ2n) is 3.06. The molecule has 0 radical (unpaired) electrons. The summed E-state index contributed by atoms with van der Waals surface area (Å²) in [6.07, 6.45) is 3.64. The predicted molar refractivity (Wildman–Crippen MR) is 62.5 cm³/mol. The number of hydrogen-bond acceptors (Lipinski definition) is 1. The molecule has 0 spiro atoms. The Hall–Kier alpha value is -1.16. The highest BCUT2D eigenvalue weighted by Crippen LogP contribution is 2.18. The molecule has 0 saturated carbocycles. The van der Waals surface area contributed by atoms with Crippen LogP contribution in [0.3, 0.4) is 0 Å². The predicted octanol–water partition coefficient (Wildman–Crippen LogP) is 2.64. The van der Waals surface area contributed by atoms with Crippen LogP contribution < -0.4 is 5.73 Å². The van der Waals surface area contributed by atoms with Gasteiger partial charge in [0.15, 0.2) is 0 Å². The standard InChI is InChI=1S/C11H11BrFNO/c1-7-8(3-2-6-12)4-5-9(10(7)13)11(14)15/h2-5H,6H2,1H3,(H2,14,15). The number of benzene rings is 1. The van der Waals surface area contributed by atoms with Crippen molar-refractivity contribution in [2.24, 2.45) is 5.73 Å². The molecule has 1 rings (SSSR count). The summed E-state index contributed by atoms with van der Waals surface area (Å²) in [6.45, 7) is 1.62. The summed E-state index contributed by atoms with van der Waals surface area (Å²) in [6, 6.07) is 3.08. The van der Waals surface area contributed by atoms with Crippen molar-refractivity contribution in [1.29, 1.82) is 0 Å². The number of carbonyl (C=O) groups is 1. The number of nitrogens with two attached hydrogens (primary N) is 1. The maximum atomic E-state index is 13.6. The van der Waals surface area contributed by atoms with Crippen LogP contribution in [0.2, 0.25) is 0 Å². The molecule has 15 heavy (non-hydrogen) atoms. The van der Waals surface area contributed by atoms with E-state index in [1.807, 2.05) is 6.08 Å². The molecule has 0 bridgehead atoms. The normalized spacial score (nSPS) is 10.9. The van der Waals surface area contributed by atoms with E-state index in [0.29, 0.717) is 10.9 Å². The number of hydrogen-bond donors (Lipinski definition) is 1. The third-order valence-electron chi connectivity index (χ3n) is 2.08. The van der Waals surface area contributed by atoms with Crippen molar-refractivity contribution in [3.63, 3.8) is 0 Å². The maximum absolute atomic E-state index is 13.6. The molecular formula is C11H11BrFNO. The van der Waals surface area contributed by atoms with Gasteiger partial charge in [0.1, 0.15) is 5.82 Å². The van der Waals surface area contributed by atoms with Gasteiger partial charge >= 0.3 is 0 Å². The van der Waals surface area contributed by atoms with Crippen LogP contribution in [-0.2, 0) is 0 Å². The van der Waals surface area contributed by atoms with E-state index < -0.39 is 11.7 Å². The fourth-order valence-electron chi connectivity index (χ4n) is 1.24. The van der Waals surface area contributed by atoms with Gasteiger partial charge in [0.25, 0.3) is 5.91 Å². The summed E-state index contributed by atoms with van der Waals surface area (Å²) in [4.78, 5) is 10.9. The lowest BCUT2D eigenvalue weighted by molar-refractivity contribution is 0.0996. The lowest BCUT2D eigenvalue weighted by Crippen LogP contribution is -2.14. The van der Waals surface area contributed by atoms with Crippen molar-refractivity contribution in [3.8, 4) is 0 Å². The molecule has 0 atom stereocenters. The van der Waals surface area contributed by atoms with E-state index in [9.17, 15) is 9.18 Å². The molecule has 2 N–H and O–H groups in total. The lowest BCUT2D eigenvalue weighted by atomic mass is 10.0. The van der Waals surface area contributed by atoms with Crippen LogP contribution in [0.1, 0.15) is 21.5 Å². The Morgan fingerprint density at radius 3 is 2.80 bits per heavy atom. The van der Waals surface area contributed by atoms with Crippen LogP contribution in [0, 0.1) is 12.7 Å². The molecule has 1 aromatic carbocycles. The van der Waals surface area contributed by atoms with Crippen LogP contribution in [0.25, 0.3) is 6.08 Å². The summed E-state index contributed by atoms with van der Waals surface area (Å²) >= 11 is 3.23. The topological polar surface area (TPSA) is 43.1 Å². The molecule has 0 heterocycles. The summed E-state index contributed by atoms with van der Waals surface area (Å²) < 4.78 is 13.6. The number of primary amides is 1. The molecule has 0 unspecified atom stereocenters. The second-order valence-corrected chi connectivity index (χ2v) is 3.71. The second kappa shape index (κ2) is 5.07. The van der Waals surface area contributed by atoms with E-state index in [-0.39, 0.29) is 5.56 Å². The minimum absolute atomic E-state index is 0.0662. The average molecular weight is 272 g/mol. The number of alkyl halides is 1. The fourth-order valence-corrected chi connectivity index (χ4v) is 1.43. The van der Waals surface area contributed by atoms with Gasteiger partial charge in [0.05, 0.1) is 5.56 Å². The molecule has 2 nitrogen and oxygen atoms in total. The molecule has 4 heteroatoms. The first kappa shape index (κ1) is 11.9. The van der Waals surface area contributed by atoms with E-state index in [1.54, 1.807) is 19.1 Å². The van der Waals surface area contributed by atoms with Crippen LogP contribution in [-0.4, -0.2) is 11.2 Å². The van der Waals surface area contributed by atoms with Gasteiger partial charge in [-0.2, -0.15) is 0 Å². The van der Waals surface area contributed by atoms with Crippen LogP contribution in [0.15, 0.2) is 18.2 Å². The summed E-state index contributed by atoms with van der Waals surface area (Å²) in [5.74, 6) is -1.29. The number of allylic oxidation sites excluding steroid dienone is 1. The number of amides is 1. The Labute approximate surface area is 96.1 Å². The first-order valence-electron chi connectivity index (χ1n) is 4.39. The van der Waals surface area contributed by atoms with Crippen molar-refractivity contribution in [3.05, 3.63) is 40.7 Å². The van der Waals surface area contributed by atoms with Crippen molar-refractivity contribution >= 4 is 27.9 Å². The van der Waals surface area contributed by atoms with Gasteiger partial charge in [-0.15, -0.1) is 0 Å². The molecule has 0 aliphatic heterocycles. The average Bonchev–Trinajstić information content (AvgIpc) is 2.20. The zero-order valence-corrected chi connectivity index (χ0v) is 9.84. The van der Waals surface area contributed by atoms with Gasteiger partial charge in [0, 0.05) is 5.33 Å². The first-order valence-corrected chi connectivity index (χ1v) is 5.51. The van der Waals surface area contributed by atoms with Gasteiger partial charge in [0.2, 0.25) is 0 Å². The van der Waals surface area contributed by atoms with Gasteiger partial charge in [-0.25, -0.2) is 4.39 Å². The van der Waals surface area contributed by atoms with Crippen molar-refractivity contribution < 1.29 is 9.18 Å². The number of rotatable bonds is 3. The number of halogens is 2. The van der Waals surface area contributed by atoms with Gasteiger partial charge in [-0.1, -0.05) is 34.1 Å². The highest BCUT2D eigenvalue weighted by molar-refractivity contribution is 9.09. The van der Waals surface area contributed by atoms with E-state index in [0.717, 1.165) is 5.56 Å². The molecule has 0 fully saturated rings. The number of carbonyl (C=O) groups excluding carboxylic acids is 1. The van der Waals surface area contributed by atoms with Gasteiger partial charge in [-0.3, -0.25) is 4.79 Å². The third-order valence-corrected chi connectivity index (χ3v) is 2.45. The van der Waals surface area contributed by atoms with Crippen molar-refractivity contribution in [1.82, 2.24) is 0 Å². The third kappa shape index (κ3) is 2.65. The summed E-state index contributed by atoms with van der Waals surface area (Å²) in [5.41, 5.74) is 6.14. The Bertz CT molecular complexity index is 415. The molecule has 0 aliphatic carbocycles. The summed E-state index contributed by atoms with van der Waals surface area (Å²) in [5, 5.41) is 0.700. The van der Waals surface area contributed by atoms with Crippen LogP contribution in [0.5, 0.6) is 0 Å². The van der Waals surface area contributed by atoms with Crippen LogP contribution in [0.4, 0.5) is 4.39 Å². The Kier molecular flexibility index (Phi) is 4.03. The molecule has 1 amide bonds. The van der Waals surface area contributed by atoms with Gasteiger partial charge in [-0.05, 0) is 24.1 Å². The lowest BCUT2D eigenvalue weighted by Gasteiger charge is -2.05. The fraction of sp³-hybridized carbons (Fsp3) is 0.182. The molecule has 80 valence electrons. The van der Waals surface area contributed by atoms with E-state index in [4.69, 9.17) is 5.73 Å². The van der Waals surface area contributed by atoms with Crippen molar-refractivity contribution in [2.45, 2.75) is 6.92 Å². The van der Waals surface area contributed by atoms with E-state index >= 15 is 0 Å². The Balaban J connectivity index is 3.21. The molecular weight excluding hydrogens is 261 g/mol. The first-order chi connectivity index (χ1) is 7.07. The van der Waals surface area contributed by atoms with Gasteiger partial charge < -0.3 is 5.73 Å². The van der Waals surface area contributed by atoms with E-state index in [2.05, 4.69) is 15.9 Å². The minimum Gasteiger partial charge on any atom is -0.366 e. The van der Waals surface area contributed by atoms with Crippen molar-refractivity contribution in [2.75, 3.05) is 5.33 Å². The largest absolute Gasteiger partial charge is 0.366 e. The minimum atomic E-state index is -0.744. The maximum Gasteiger partial charge on any atom is 0.251 e. The Morgan fingerprint density at radius 1 is 1.60 bits per heavy atom. The summed E-state index contributed by atoms with van der Waals surface area (Å²) in [7, 11) is 0. The van der Waals surface area contributed by atoms with Crippen LogP contribution >= 0.6 is 15.9 Å². The SMILES string of the molecule is Cc1c(C=CCBr)ccc(C(N)=O)c1F. The smallest absolute Gasteiger partial charge is 0.251 e. The monoisotopic (exact) mass is 271 g/mol. The molecule has 1 aromatic rings. The highest BCUT2D eigenvalue weighted by atomic mass is 79.9.